The van der Waals surface area contributed by atoms with Crippen molar-refractivity contribution in [1.29, 1.82) is 0 Å². The average Bonchev–Trinajstić information content (AvgIpc) is 2.27. The SMILES string of the molecule is CCOC(=O)C(Cl)c1ccncc1C1CCC1. The lowest BCUT2D eigenvalue weighted by Gasteiger charge is -2.28. The molecule has 0 spiro atoms. The lowest BCUT2D eigenvalue weighted by atomic mass is 9.78. The van der Waals surface area contributed by atoms with Crippen LogP contribution in [0.5, 0.6) is 0 Å². The molecule has 1 aliphatic carbocycles. The van der Waals surface area contributed by atoms with Gasteiger partial charge in [-0.25, -0.2) is 0 Å². The second-order valence-electron chi connectivity index (χ2n) is 4.25. The number of nitrogens with zero attached hydrogens (tertiary/aromatic N) is 1. The number of ether oxygens (including phenoxy) is 1. The molecule has 0 amide bonds. The maximum absolute atomic E-state index is 11.7. The van der Waals surface area contributed by atoms with Crippen molar-refractivity contribution in [2.75, 3.05) is 6.61 Å². The molecule has 4 heteroatoms. The normalized spacial score (nSPS) is 17.3. The van der Waals surface area contributed by atoms with Crippen molar-refractivity contribution in [1.82, 2.24) is 4.98 Å². The van der Waals surface area contributed by atoms with Crippen LogP contribution >= 0.6 is 11.6 Å². The molecule has 0 radical (unpaired) electrons. The van der Waals surface area contributed by atoms with Crippen LogP contribution in [0.1, 0.15) is 48.6 Å². The maximum Gasteiger partial charge on any atom is 0.328 e. The minimum Gasteiger partial charge on any atom is -0.465 e. The predicted molar refractivity (Wildman–Crippen MR) is 66.1 cm³/mol. The van der Waals surface area contributed by atoms with Gasteiger partial charge in [0.1, 0.15) is 0 Å². The monoisotopic (exact) mass is 253 g/mol. The quantitative estimate of drug-likeness (QED) is 0.611. The fourth-order valence-electron chi connectivity index (χ4n) is 2.05. The Morgan fingerprint density at radius 1 is 1.65 bits per heavy atom. The Bertz CT molecular complexity index is 404. The van der Waals surface area contributed by atoms with E-state index in [0.29, 0.717) is 12.5 Å². The minimum absolute atomic E-state index is 0.353. The number of aromatic nitrogens is 1. The van der Waals surface area contributed by atoms with Crippen LogP contribution in [0, 0.1) is 0 Å². The standard InChI is InChI=1S/C13H16ClNO2/c1-2-17-13(16)12(14)10-6-7-15-8-11(10)9-4-3-5-9/h6-9,12H,2-5H2,1H3. The molecule has 1 atom stereocenters. The summed E-state index contributed by atoms with van der Waals surface area (Å²) < 4.78 is 4.95. The molecule has 17 heavy (non-hydrogen) atoms. The van der Waals surface area contributed by atoms with Gasteiger partial charge >= 0.3 is 5.97 Å². The maximum atomic E-state index is 11.7. The van der Waals surface area contributed by atoms with Gasteiger partial charge in [-0.1, -0.05) is 6.42 Å². The highest BCUT2D eigenvalue weighted by molar-refractivity contribution is 6.30. The molecule has 1 unspecified atom stereocenters. The van der Waals surface area contributed by atoms with E-state index in [1.807, 2.05) is 12.3 Å². The Labute approximate surface area is 106 Å². The molecule has 1 saturated carbocycles. The van der Waals surface area contributed by atoms with Gasteiger partial charge in [-0.3, -0.25) is 9.78 Å². The van der Waals surface area contributed by atoms with Gasteiger partial charge in [0.05, 0.1) is 6.61 Å². The Morgan fingerprint density at radius 3 is 3.00 bits per heavy atom. The summed E-state index contributed by atoms with van der Waals surface area (Å²) in [4.78, 5) is 15.8. The van der Waals surface area contributed by atoms with Crippen LogP contribution in [0.4, 0.5) is 0 Å². The molecule has 3 nitrogen and oxygen atoms in total. The first-order chi connectivity index (χ1) is 8.24. The van der Waals surface area contributed by atoms with Gasteiger partial charge < -0.3 is 4.74 Å². The van der Waals surface area contributed by atoms with Crippen molar-refractivity contribution in [3.63, 3.8) is 0 Å². The molecule has 2 rings (SSSR count). The molecule has 1 fully saturated rings. The fraction of sp³-hybridized carbons (Fsp3) is 0.538. The molecular weight excluding hydrogens is 238 g/mol. The number of halogens is 1. The Kier molecular flexibility index (Phi) is 4.00. The molecule has 92 valence electrons. The van der Waals surface area contributed by atoms with Gasteiger partial charge in [0.15, 0.2) is 5.38 Å². The summed E-state index contributed by atoms with van der Waals surface area (Å²) in [6, 6.07) is 1.82. The van der Waals surface area contributed by atoms with E-state index in [2.05, 4.69) is 4.98 Å². The highest BCUT2D eigenvalue weighted by Gasteiger charge is 2.28. The predicted octanol–water partition coefficient (Wildman–Crippen LogP) is 3.19. The number of hydrogen-bond donors (Lipinski definition) is 0. The third-order valence-corrected chi connectivity index (χ3v) is 3.61. The topological polar surface area (TPSA) is 39.2 Å². The smallest absolute Gasteiger partial charge is 0.328 e. The van der Waals surface area contributed by atoms with Crippen LogP contribution in [-0.2, 0) is 9.53 Å². The van der Waals surface area contributed by atoms with Gasteiger partial charge in [0.2, 0.25) is 0 Å². The Balaban J connectivity index is 2.21. The Hall–Kier alpha value is -1.09. The molecule has 1 aromatic heterocycles. The summed E-state index contributed by atoms with van der Waals surface area (Å²) in [6.45, 7) is 2.13. The van der Waals surface area contributed by atoms with E-state index in [-0.39, 0.29) is 5.97 Å². The largest absolute Gasteiger partial charge is 0.465 e. The molecule has 0 aromatic carbocycles. The van der Waals surface area contributed by atoms with Gasteiger partial charge in [0, 0.05) is 12.4 Å². The van der Waals surface area contributed by atoms with Gasteiger partial charge in [0.25, 0.3) is 0 Å². The van der Waals surface area contributed by atoms with E-state index in [0.717, 1.165) is 24.0 Å². The number of pyridine rings is 1. The lowest BCUT2D eigenvalue weighted by Crippen LogP contribution is -2.17. The summed E-state index contributed by atoms with van der Waals surface area (Å²) in [5.74, 6) is 0.135. The van der Waals surface area contributed by atoms with E-state index in [1.165, 1.54) is 6.42 Å². The zero-order chi connectivity index (χ0) is 12.3. The highest BCUT2D eigenvalue weighted by atomic mass is 35.5. The molecule has 0 N–H and O–H groups in total. The second-order valence-corrected chi connectivity index (χ2v) is 4.68. The number of hydrogen-bond acceptors (Lipinski definition) is 3. The van der Waals surface area contributed by atoms with Gasteiger partial charge in [-0.15, -0.1) is 11.6 Å². The third-order valence-electron chi connectivity index (χ3n) is 3.20. The first-order valence-corrected chi connectivity index (χ1v) is 6.42. The van der Waals surface area contributed by atoms with E-state index in [1.54, 1.807) is 13.1 Å². The lowest BCUT2D eigenvalue weighted by molar-refractivity contribution is -0.142. The van der Waals surface area contributed by atoms with Gasteiger partial charge in [-0.05, 0) is 42.9 Å². The summed E-state index contributed by atoms with van der Waals surface area (Å²) in [7, 11) is 0. The molecule has 0 aliphatic heterocycles. The summed E-state index contributed by atoms with van der Waals surface area (Å²) in [5, 5.41) is -0.714. The van der Waals surface area contributed by atoms with E-state index < -0.39 is 5.38 Å². The van der Waals surface area contributed by atoms with Crippen LogP contribution < -0.4 is 0 Å². The van der Waals surface area contributed by atoms with Crippen molar-refractivity contribution >= 4 is 17.6 Å². The Morgan fingerprint density at radius 2 is 2.41 bits per heavy atom. The van der Waals surface area contributed by atoms with Crippen LogP contribution in [0.2, 0.25) is 0 Å². The van der Waals surface area contributed by atoms with Crippen molar-refractivity contribution in [2.45, 2.75) is 37.5 Å². The number of rotatable bonds is 4. The third kappa shape index (κ3) is 2.60. The van der Waals surface area contributed by atoms with Crippen molar-refractivity contribution in [3.8, 4) is 0 Å². The van der Waals surface area contributed by atoms with Crippen LogP contribution in [-0.4, -0.2) is 17.6 Å². The average molecular weight is 254 g/mol. The van der Waals surface area contributed by atoms with Crippen LogP contribution in [0.3, 0.4) is 0 Å². The van der Waals surface area contributed by atoms with E-state index in [9.17, 15) is 4.79 Å². The summed E-state index contributed by atoms with van der Waals surface area (Å²) in [5.41, 5.74) is 1.96. The summed E-state index contributed by atoms with van der Waals surface area (Å²) in [6.07, 6.45) is 7.06. The fourth-order valence-corrected chi connectivity index (χ4v) is 2.31. The zero-order valence-electron chi connectivity index (χ0n) is 9.86. The number of alkyl halides is 1. The highest BCUT2D eigenvalue weighted by Crippen LogP contribution is 2.40. The second kappa shape index (κ2) is 5.50. The molecule has 0 saturated heterocycles. The number of carbonyl (C=O) groups is 1. The van der Waals surface area contributed by atoms with E-state index >= 15 is 0 Å². The first kappa shape index (κ1) is 12.4. The summed E-state index contributed by atoms with van der Waals surface area (Å²) >= 11 is 6.16. The van der Waals surface area contributed by atoms with Crippen molar-refractivity contribution in [3.05, 3.63) is 29.6 Å². The molecule has 0 bridgehead atoms. The number of carbonyl (C=O) groups excluding carboxylic acids is 1. The minimum atomic E-state index is -0.714. The van der Waals surface area contributed by atoms with Crippen molar-refractivity contribution < 1.29 is 9.53 Å². The molecule has 1 aromatic rings. The molecule has 1 heterocycles. The van der Waals surface area contributed by atoms with Crippen molar-refractivity contribution in [2.24, 2.45) is 0 Å². The van der Waals surface area contributed by atoms with E-state index in [4.69, 9.17) is 16.3 Å². The molecule has 1 aliphatic rings. The van der Waals surface area contributed by atoms with Crippen LogP contribution in [0.15, 0.2) is 18.5 Å². The van der Waals surface area contributed by atoms with Gasteiger partial charge in [-0.2, -0.15) is 0 Å². The number of esters is 1. The van der Waals surface area contributed by atoms with Crippen LogP contribution in [0.25, 0.3) is 0 Å². The zero-order valence-corrected chi connectivity index (χ0v) is 10.6. The molecular formula is C13H16ClNO2. The first-order valence-electron chi connectivity index (χ1n) is 5.98.